The van der Waals surface area contributed by atoms with E-state index in [4.69, 9.17) is 0 Å². The van der Waals surface area contributed by atoms with Crippen molar-refractivity contribution in [2.75, 3.05) is 20.6 Å². The van der Waals surface area contributed by atoms with Gasteiger partial charge in [0, 0.05) is 26.6 Å². The zero-order chi connectivity index (χ0) is 8.15. The van der Waals surface area contributed by atoms with E-state index in [1.807, 2.05) is 21.0 Å². The summed E-state index contributed by atoms with van der Waals surface area (Å²) in [5.74, 6) is 0.114. The Kier molecular flexibility index (Phi) is 7.79. The minimum Gasteiger partial charge on any atom is -0.342 e. The molecule has 0 saturated heterocycles. The molecular formula is C7H17ClN2O. The van der Waals surface area contributed by atoms with Gasteiger partial charge < -0.3 is 10.2 Å². The van der Waals surface area contributed by atoms with Crippen LogP contribution in [-0.2, 0) is 4.79 Å². The Hall–Kier alpha value is -0.280. The molecule has 0 spiro atoms. The first kappa shape index (κ1) is 13.3. The van der Waals surface area contributed by atoms with E-state index in [9.17, 15) is 4.79 Å². The molecule has 0 aliphatic rings. The minimum absolute atomic E-state index is 0. The van der Waals surface area contributed by atoms with Crippen LogP contribution in [0.4, 0.5) is 0 Å². The van der Waals surface area contributed by atoms with E-state index in [1.54, 1.807) is 11.8 Å². The van der Waals surface area contributed by atoms with Crippen LogP contribution in [0.3, 0.4) is 0 Å². The van der Waals surface area contributed by atoms with Crippen LogP contribution in [0.1, 0.15) is 13.8 Å². The molecule has 0 saturated carbocycles. The van der Waals surface area contributed by atoms with E-state index in [0.29, 0.717) is 0 Å². The van der Waals surface area contributed by atoms with E-state index >= 15 is 0 Å². The second-order valence-corrected chi connectivity index (χ2v) is 2.54. The lowest BCUT2D eigenvalue weighted by Gasteiger charge is -2.22. The molecule has 0 bridgehead atoms. The summed E-state index contributed by atoms with van der Waals surface area (Å²) in [7, 11) is 3.69. The van der Waals surface area contributed by atoms with Crippen LogP contribution in [0.25, 0.3) is 0 Å². The SMILES string of the molecule is CNCC(C)N(C)C(C)=O.Cl. The van der Waals surface area contributed by atoms with Crippen LogP contribution < -0.4 is 5.32 Å². The van der Waals surface area contributed by atoms with E-state index in [0.717, 1.165) is 6.54 Å². The fraction of sp³-hybridized carbons (Fsp3) is 0.857. The lowest BCUT2D eigenvalue weighted by atomic mass is 10.3. The summed E-state index contributed by atoms with van der Waals surface area (Å²) in [6, 6.07) is 0.280. The van der Waals surface area contributed by atoms with Crippen molar-refractivity contribution >= 4 is 18.3 Å². The summed E-state index contributed by atoms with van der Waals surface area (Å²) in [5.41, 5.74) is 0. The summed E-state index contributed by atoms with van der Waals surface area (Å²) in [5, 5.41) is 3.01. The van der Waals surface area contributed by atoms with Crippen LogP contribution in [-0.4, -0.2) is 37.5 Å². The maximum absolute atomic E-state index is 10.8. The summed E-state index contributed by atoms with van der Waals surface area (Å²) < 4.78 is 0. The van der Waals surface area contributed by atoms with Gasteiger partial charge in [0.1, 0.15) is 0 Å². The second kappa shape index (κ2) is 6.43. The molecule has 1 atom stereocenters. The highest BCUT2D eigenvalue weighted by atomic mass is 35.5. The monoisotopic (exact) mass is 180 g/mol. The average molecular weight is 181 g/mol. The lowest BCUT2D eigenvalue weighted by Crippen LogP contribution is -2.39. The van der Waals surface area contributed by atoms with Crippen LogP contribution in [0, 0.1) is 0 Å². The fourth-order valence-electron chi connectivity index (χ4n) is 0.743. The number of likely N-dealkylation sites (N-methyl/N-ethyl adjacent to an activating group) is 2. The molecule has 0 heterocycles. The van der Waals surface area contributed by atoms with Gasteiger partial charge in [-0.3, -0.25) is 4.79 Å². The van der Waals surface area contributed by atoms with Crippen molar-refractivity contribution in [2.24, 2.45) is 0 Å². The maximum Gasteiger partial charge on any atom is 0.219 e. The number of hydrogen-bond acceptors (Lipinski definition) is 2. The van der Waals surface area contributed by atoms with Gasteiger partial charge in [0.15, 0.2) is 0 Å². The standard InChI is InChI=1S/C7H16N2O.ClH/c1-6(5-8-3)9(4)7(2)10;/h6,8H,5H2,1-4H3;1H. The third kappa shape index (κ3) is 5.04. The van der Waals surface area contributed by atoms with Crippen molar-refractivity contribution in [2.45, 2.75) is 19.9 Å². The zero-order valence-corrected chi connectivity index (χ0v) is 8.36. The number of halogens is 1. The van der Waals surface area contributed by atoms with Gasteiger partial charge in [-0.15, -0.1) is 12.4 Å². The van der Waals surface area contributed by atoms with E-state index in [-0.39, 0.29) is 24.4 Å². The summed E-state index contributed by atoms with van der Waals surface area (Å²) >= 11 is 0. The van der Waals surface area contributed by atoms with Crippen LogP contribution in [0.2, 0.25) is 0 Å². The first-order valence-corrected chi connectivity index (χ1v) is 3.47. The minimum atomic E-state index is 0. The molecule has 68 valence electrons. The molecule has 0 fully saturated rings. The van der Waals surface area contributed by atoms with Crippen LogP contribution in [0.5, 0.6) is 0 Å². The maximum atomic E-state index is 10.8. The molecular weight excluding hydrogens is 164 g/mol. The molecule has 0 aliphatic heterocycles. The molecule has 0 aromatic rings. The van der Waals surface area contributed by atoms with E-state index in [1.165, 1.54) is 0 Å². The lowest BCUT2D eigenvalue weighted by molar-refractivity contribution is -0.129. The van der Waals surface area contributed by atoms with Gasteiger partial charge in [-0.05, 0) is 14.0 Å². The number of carbonyl (C=O) groups is 1. The Morgan fingerprint density at radius 2 is 2.09 bits per heavy atom. The summed E-state index contributed by atoms with van der Waals surface area (Å²) in [4.78, 5) is 12.5. The van der Waals surface area contributed by atoms with Crippen molar-refractivity contribution in [1.29, 1.82) is 0 Å². The van der Waals surface area contributed by atoms with Crippen molar-refractivity contribution in [3.05, 3.63) is 0 Å². The van der Waals surface area contributed by atoms with Crippen molar-refractivity contribution < 1.29 is 4.79 Å². The van der Waals surface area contributed by atoms with Gasteiger partial charge in [-0.1, -0.05) is 0 Å². The third-order valence-electron chi connectivity index (χ3n) is 1.66. The van der Waals surface area contributed by atoms with Gasteiger partial charge in [0.05, 0.1) is 0 Å². The number of nitrogens with one attached hydrogen (secondary N) is 1. The molecule has 1 N–H and O–H groups in total. The quantitative estimate of drug-likeness (QED) is 0.686. The number of nitrogens with zero attached hydrogens (tertiary/aromatic N) is 1. The molecule has 0 aromatic heterocycles. The Morgan fingerprint density at radius 3 is 2.36 bits per heavy atom. The highest BCUT2D eigenvalue weighted by molar-refractivity contribution is 5.85. The number of carbonyl (C=O) groups excluding carboxylic acids is 1. The van der Waals surface area contributed by atoms with Gasteiger partial charge in [0.2, 0.25) is 5.91 Å². The highest BCUT2D eigenvalue weighted by Gasteiger charge is 2.09. The average Bonchev–Trinajstić information content (AvgIpc) is 1.87. The first-order chi connectivity index (χ1) is 4.59. The van der Waals surface area contributed by atoms with Crippen molar-refractivity contribution in [1.82, 2.24) is 10.2 Å². The van der Waals surface area contributed by atoms with E-state index in [2.05, 4.69) is 5.32 Å². The number of amides is 1. The Bertz CT molecular complexity index is 119. The Balaban J connectivity index is 0. The molecule has 3 nitrogen and oxygen atoms in total. The van der Waals surface area contributed by atoms with Gasteiger partial charge in [0.25, 0.3) is 0 Å². The van der Waals surface area contributed by atoms with Crippen molar-refractivity contribution in [3.63, 3.8) is 0 Å². The van der Waals surface area contributed by atoms with Crippen molar-refractivity contribution in [3.8, 4) is 0 Å². The predicted molar refractivity (Wildman–Crippen MR) is 49.1 cm³/mol. The predicted octanol–water partition coefficient (Wildman–Crippen LogP) is 0.494. The normalized spacial score (nSPS) is 11.6. The third-order valence-corrected chi connectivity index (χ3v) is 1.66. The van der Waals surface area contributed by atoms with E-state index < -0.39 is 0 Å². The fourth-order valence-corrected chi connectivity index (χ4v) is 0.743. The van der Waals surface area contributed by atoms with Gasteiger partial charge in [-0.2, -0.15) is 0 Å². The van der Waals surface area contributed by atoms with Crippen LogP contribution in [0.15, 0.2) is 0 Å². The smallest absolute Gasteiger partial charge is 0.219 e. The molecule has 4 heteroatoms. The Labute approximate surface area is 74.6 Å². The zero-order valence-electron chi connectivity index (χ0n) is 7.55. The topological polar surface area (TPSA) is 32.3 Å². The number of rotatable bonds is 3. The molecule has 1 amide bonds. The number of hydrogen-bond donors (Lipinski definition) is 1. The molecule has 0 rings (SSSR count). The molecule has 1 unspecified atom stereocenters. The highest BCUT2D eigenvalue weighted by Crippen LogP contribution is 1.92. The molecule has 0 radical (unpaired) electrons. The molecule has 0 aromatic carbocycles. The largest absolute Gasteiger partial charge is 0.342 e. The van der Waals surface area contributed by atoms with Gasteiger partial charge >= 0.3 is 0 Å². The van der Waals surface area contributed by atoms with Gasteiger partial charge in [-0.25, -0.2) is 0 Å². The summed E-state index contributed by atoms with van der Waals surface area (Å²) in [6.07, 6.45) is 0. The van der Waals surface area contributed by atoms with Crippen LogP contribution >= 0.6 is 12.4 Å². The Morgan fingerprint density at radius 1 is 1.64 bits per heavy atom. The second-order valence-electron chi connectivity index (χ2n) is 2.54. The summed E-state index contributed by atoms with van der Waals surface area (Å²) in [6.45, 7) is 4.43. The molecule has 0 aliphatic carbocycles. The first-order valence-electron chi connectivity index (χ1n) is 3.47. The molecule has 11 heavy (non-hydrogen) atoms.